The lowest BCUT2D eigenvalue weighted by molar-refractivity contribution is 0.0787. The molecule has 3 aromatic rings. The Balaban J connectivity index is 1.29. The van der Waals surface area contributed by atoms with E-state index in [9.17, 15) is 9.18 Å². The summed E-state index contributed by atoms with van der Waals surface area (Å²) in [7, 11) is 0. The van der Waals surface area contributed by atoms with Crippen LogP contribution in [0.1, 0.15) is 47.4 Å². The van der Waals surface area contributed by atoms with E-state index in [0.29, 0.717) is 36.2 Å². The van der Waals surface area contributed by atoms with Crippen LogP contribution in [0.25, 0.3) is 11.6 Å². The van der Waals surface area contributed by atoms with Crippen LogP contribution in [0.2, 0.25) is 5.02 Å². The summed E-state index contributed by atoms with van der Waals surface area (Å²) in [4.78, 5) is 18.8. The van der Waals surface area contributed by atoms with Crippen molar-refractivity contribution in [2.24, 2.45) is 0 Å². The molecule has 1 aromatic carbocycles. The van der Waals surface area contributed by atoms with Crippen molar-refractivity contribution < 1.29 is 13.7 Å². The van der Waals surface area contributed by atoms with Crippen LogP contribution >= 0.6 is 11.6 Å². The second-order valence-electron chi connectivity index (χ2n) is 7.13. The summed E-state index contributed by atoms with van der Waals surface area (Å²) in [6, 6.07) is 3.77. The monoisotopic (exact) mass is 402 g/mol. The molecule has 144 valence electrons. The van der Waals surface area contributed by atoms with Gasteiger partial charge in [-0.15, -0.1) is 5.10 Å². The summed E-state index contributed by atoms with van der Waals surface area (Å²) in [5.41, 5.74) is 0.812. The molecule has 1 atom stereocenters. The van der Waals surface area contributed by atoms with E-state index in [1.54, 1.807) is 15.8 Å². The van der Waals surface area contributed by atoms with E-state index in [1.807, 2.05) is 0 Å². The van der Waals surface area contributed by atoms with E-state index in [2.05, 4.69) is 20.5 Å². The Kier molecular flexibility index (Phi) is 4.12. The number of hydrogen-bond donors (Lipinski definition) is 0. The van der Waals surface area contributed by atoms with E-state index >= 15 is 0 Å². The molecule has 1 saturated heterocycles. The molecule has 0 spiro atoms. The van der Waals surface area contributed by atoms with E-state index in [-0.39, 0.29) is 17.0 Å². The number of halogens is 2. The smallest absolute Gasteiger partial charge is 0.280 e. The van der Waals surface area contributed by atoms with Crippen molar-refractivity contribution >= 4 is 17.5 Å². The normalized spacial score (nSPS) is 19.4. The van der Waals surface area contributed by atoms with Crippen LogP contribution in [0.15, 0.2) is 28.9 Å². The van der Waals surface area contributed by atoms with E-state index in [1.165, 1.54) is 12.1 Å². The summed E-state index contributed by atoms with van der Waals surface area (Å²) in [5.74, 6) is 0.788. The molecule has 0 N–H and O–H groups in total. The number of aromatic nitrogens is 5. The molecule has 1 unspecified atom stereocenters. The maximum Gasteiger partial charge on any atom is 0.280 e. The Labute approximate surface area is 164 Å². The first kappa shape index (κ1) is 17.3. The second kappa shape index (κ2) is 6.66. The number of carbonyl (C=O) groups is 1. The fraction of sp³-hybridized carbons (Fsp3) is 0.389. The quantitative estimate of drug-likeness (QED) is 0.666. The van der Waals surface area contributed by atoms with Gasteiger partial charge in [-0.1, -0.05) is 22.0 Å². The first-order valence-electron chi connectivity index (χ1n) is 9.08. The van der Waals surface area contributed by atoms with Gasteiger partial charge in [0.1, 0.15) is 5.82 Å². The van der Waals surface area contributed by atoms with E-state index in [4.69, 9.17) is 16.1 Å². The summed E-state index contributed by atoms with van der Waals surface area (Å²) in [5, 5.41) is 12.4. The number of carbonyl (C=O) groups excluding carboxylic acids is 1. The molecule has 1 aliphatic carbocycles. The van der Waals surface area contributed by atoms with Crippen molar-refractivity contribution in [3.63, 3.8) is 0 Å². The predicted octanol–water partition coefficient (Wildman–Crippen LogP) is 3.09. The first-order chi connectivity index (χ1) is 13.6. The summed E-state index contributed by atoms with van der Waals surface area (Å²) in [6.45, 7) is 1.02. The largest absolute Gasteiger partial charge is 0.336 e. The fourth-order valence-electron chi connectivity index (χ4n) is 3.37. The molecular weight excluding hydrogens is 387 g/mol. The topological polar surface area (TPSA) is 89.9 Å². The molecule has 1 saturated carbocycles. The van der Waals surface area contributed by atoms with Crippen molar-refractivity contribution in [3.05, 3.63) is 46.6 Å². The van der Waals surface area contributed by atoms with Gasteiger partial charge in [-0.05, 0) is 37.5 Å². The van der Waals surface area contributed by atoms with Gasteiger partial charge in [-0.25, -0.2) is 9.07 Å². The maximum atomic E-state index is 13.2. The Hall–Kier alpha value is -2.81. The molecule has 2 aliphatic rings. The minimum absolute atomic E-state index is 0.0183. The van der Waals surface area contributed by atoms with Crippen molar-refractivity contribution in [1.29, 1.82) is 0 Å². The number of rotatable bonds is 4. The average molecular weight is 403 g/mol. The fourth-order valence-corrected chi connectivity index (χ4v) is 3.62. The van der Waals surface area contributed by atoms with Gasteiger partial charge in [-0.3, -0.25) is 4.79 Å². The molecule has 1 aliphatic heterocycles. The lowest BCUT2D eigenvalue weighted by atomic mass is 10.2. The number of likely N-dealkylation sites (tertiary alicyclic amines) is 1. The van der Waals surface area contributed by atoms with Gasteiger partial charge in [0, 0.05) is 19.0 Å². The average Bonchev–Trinajstić information content (AvgIpc) is 3.11. The predicted molar refractivity (Wildman–Crippen MR) is 96.3 cm³/mol. The first-order valence-corrected chi connectivity index (χ1v) is 9.46. The molecule has 0 bridgehead atoms. The van der Waals surface area contributed by atoms with Crippen LogP contribution in [0.5, 0.6) is 0 Å². The zero-order valence-corrected chi connectivity index (χ0v) is 15.5. The molecule has 2 fully saturated rings. The Morgan fingerprint density at radius 2 is 2.14 bits per heavy atom. The minimum atomic E-state index is -0.470. The maximum absolute atomic E-state index is 13.2. The molecule has 10 heteroatoms. The lowest BCUT2D eigenvalue weighted by Gasteiger charge is -2.17. The second-order valence-corrected chi connectivity index (χ2v) is 7.54. The molecule has 28 heavy (non-hydrogen) atoms. The molecule has 2 aromatic heterocycles. The number of benzene rings is 1. The third-order valence-corrected chi connectivity index (χ3v) is 5.41. The highest BCUT2D eigenvalue weighted by Crippen LogP contribution is 2.38. The Bertz CT molecular complexity index is 1050. The third-order valence-electron chi connectivity index (χ3n) is 5.10. The van der Waals surface area contributed by atoms with Gasteiger partial charge >= 0.3 is 0 Å². The van der Waals surface area contributed by atoms with Crippen molar-refractivity contribution in [1.82, 2.24) is 30.0 Å². The van der Waals surface area contributed by atoms with Crippen molar-refractivity contribution in [3.8, 4) is 11.6 Å². The Morgan fingerprint density at radius 3 is 2.93 bits per heavy atom. The number of hydrogen-bond acceptors (Lipinski definition) is 6. The highest BCUT2D eigenvalue weighted by molar-refractivity contribution is 6.33. The van der Waals surface area contributed by atoms with Crippen LogP contribution in [-0.4, -0.2) is 49.0 Å². The third kappa shape index (κ3) is 3.15. The highest BCUT2D eigenvalue weighted by Gasteiger charge is 2.31. The van der Waals surface area contributed by atoms with Crippen LogP contribution < -0.4 is 0 Å². The standard InChI is InChI=1S/C18H16ClFN6O2/c19-14-7-11(20)3-4-13(14)18(27)25-6-5-12(8-25)26-9-15(22-24-26)17-21-16(23-28-17)10-1-2-10/h3-4,7,9-10,12H,1-2,5-6,8H2. The van der Waals surface area contributed by atoms with Gasteiger partial charge < -0.3 is 9.42 Å². The lowest BCUT2D eigenvalue weighted by Crippen LogP contribution is -2.29. The number of nitrogens with zero attached hydrogens (tertiary/aromatic N) is 6. The van der Waals surface area contributed by atoms with Crippen LogP contribution in [0.4, 0.5) is 4.39 Å². The van der Waals surface area contributed by atoms with Gasteiger partial charge in [0.2, 0.25) is 0 Å². The van der Waals surface area contributed by atoms with E-state index in [0.717, 1.165) is 31.2 Å². The SMILES string of the molecule is O=C(c1ccc(F)cc1Cl)N1CCC(n2cc(-c3nc(C4CC4)no3)nn2)C1. The van der Waals surface area contributed by atoms with Gasteiger partial charge in [0.05, 0.1) is 22.8 Å². The van der Waals surface area contributed by atoms with Gasteiger partial charge in [0.25, 0.3) is 11.8 Å². The molecule has 8 nitrogen and oxygen atoms in total. The highest BCUT2D eigenvalue weighted by atomic mass is 35.5. The Morgan fingerprint density at radius 1 is 1.29 bits per heavy atom. The summed E-state index contributed by atoms with van der Waals surface area (Å²) >= 11 is 6.02. The van der Waals surface area contributed by atoms with Gasteiger partial charge in [-0.2, -0.15) is 4.98 Å². The minimum Gasteiger partial charge on any atom is -0.336 e. The van der Waals surface area contributed by atoms with Crippen molar-refractivity contribution in [2.75, 3.05) is 13.1 Å². The molecule has 0 radical (unpaired) electrons. The number of amides is 1. The zero-order chi connectivity index (χ0) is 19.3. The van der Waals surface area contributed by atoms with Gasteiger partial charge in [0.15, 0.2) is 11.5 Å². The van der Waals surface area contributed by atoms with Crippen molar-refractivity contribution in [2.45, 2.75) is 31.2 Å². The molecule has 1 amide bonds. The molecule has 5 rings (SSSR count). The van der Waals surface area contributed by atoms with Crippen LogP contribution in [-0.2, 0) is 0 Å². The zero-order valence-electron chi connectivity index (χ0n) is 14.8. The molecular formula is C18H16ClFN6O2. The summed E-state index contributed by atoms with van der Waals surface area (Å²) in [6.07, 6.45) is 4.67. The van der Waals surface area contributed by atoms with E-state index < -0.39 is 5.82 Å². The summed E-state index contributed by atoms with van der Waals surface area (Å²) < 4.78 is 20.2. The van der Waals surface area contributed by atoms with Crippen LogP contribution in [0, 0.1) is 5.82 Å². The molecule has 3 heterocycles. The van der Waals surface area contributed by atoms with Crippen LogP contribution in [0.3, 0.4) is 0 Å².